The average Bonchev–Trinajstić information content (AvgIpc) is 2.57. The van der Waals surface area contributed by atoms with E-state index in [2.05, 4.69) is 41.8 Å². The summed E-state index contributed by atoms with van der Waals surface area (Å²) in [6, 6.07) is 8.29. The molecular formula is C13H19N3. The van der Waals surface area contributed by atoms with E-state index >= 15 is 0 Å². The zero-order chi connectivity index (χ0) is 11.5. The van der Waals surface area contributed by atoms with Crippen molar-refractivity contribution in [1.29, 1.82) is 0 Å². The molecule has 0 radical (unpaired) electrons. The van der Waals surface area contributed by atoms with Crippen molar-refractivity contribution in [3.8, 4) is 0 Å². The fourth-order valence-electron chi connectivity index (χ4n) is 2.02. The number of nitrogens with two attached hydrogens (primary N) is 1. The first-order valence-electron chi connectivity index (χ1n) is 5.66. The lowest BCUT2D eigenvalue weighted by Gasteiger charge is -2.10. The molecule has 1 aromatic heterocycles. The molecule has 16 heavy (non-hydrogen) atoms. The van der Waals surface area contributed by atoms with Gasteiger partial charge in [-0.25, -0.2) is 0 Å². The van der Waals surface area contributed by atoms with Gasteiger partial charge in [0, 0.05) is 18.1 Å². The fraction of sp³-hybridized carbons (Fsp3) is 0.385. The van der Waals surface area contributed by atoms with Crippen LogP contribution in [-0.4, -0.2) is 30.1 Å². The summed E-state index contributed by atoms with van der Waals surface area (Å²) in [4.78, 5) is 2.20. The Morgan fingerprint density at radius 2 is 2.00 bits per heavy atom. The van der Waals surface area contributed by atoms with E-state index in [1.807, 2.05) is 12.3 Å². The Bertz CT molecular complexity index is 471. The summed E-state index contributed by atoms with van der Waals surface area (Å²) in [6.45, 7) is 2.13. The van der Waals surface area contributed by atoms with Crippen LogP contribution in [0.1, 0.15) is 6.42 Å². The van der Waals surface area contributed by atoms with E-state index in [0.29, 0.717) is 0 Å². The predicted octanol–water partition coefficient (Wildman–Crippen LogP) is 2.18. The van der Waals surface area contributed by atoms with Crippen molar-refractivity contribution < 1.29 is 0 Å². The maximum absolute atomic E-state index is 5.98. The molecule has 0 fully saturated rings. The Balaban J connectivity index is 2.18. The first-order chi connectivity index (χ1) is 7.68. The molecule has 0 atom stereocenters. The SMILES string of the molecule is CN(C)CCCn1cc(N)c2ccccc21. The van der Waals surface area contributed by atoms with Crippen molar-refractivity contribution in [2.75, 3.05) is 26.4 Å². The molecule has 0 bridgehead atoms. The first-order valence-corrected chi connectivity index (χ1v) is 5.66. The van der Waals surface area contributed by atoms with Crippen molar-refractivity contribution in [3.63, 3.8) is 0 Å². The number of benzene rings is 1. The quantitative estimate of drug-likeness (QED) is 0.851. The van der Waals surface area contributed by atoms with Crippen molar-refractivity contribution in [1.82, 2.24) is 9.47 Å². The minimum Gasteiger partial charge on any atom is -0.397 e. The summed E-state index contributed by atoms with van der Waals surface area (Å²) in [7, 11) is 4.20. The molecule has 0 amide bonds. The molecule has 0 saturated carbocycles. The largest absolute Gasteiger partial charge is 0.397 e. The number of nitrogen functional groups attached to an aromatic ring is 1. The lowest BCUT2D eigenvalue weighted by atomic mass is 10.2. The van der Waals surface area contributed by atoms with Crippen LogP contribution in [0.3, 0.4) is 0 Å². The highest BCUT2D eigenvalue weighted by Gasteiger charge is 2.04. The van der Waals surface area contributed by atoms with Crippen LogP contribution in [0, 0.1) is 0 Å². The van der Waals surface area contributed by atoms with E-state index in [1.54, 1.807) is 0 Å². The third-order valence-corrected chi connectivity index (χ3v) is 2.82. The molecule has 0 unspecified atom stereocenters. The number of anilines is 1. The van der Waals surface area contributed by atoms with Crippen LogP contribution in [0.5, 0.6) is 0 Å². The Morgan fingerprint density at radius 1 is 1.25 bits per heavy atom. The van der Waals surface area contributed by atoms with Gasteiger partial charge in [-0.15, -0.1) is 0 Å². The van der Waals surface area contributed by atoms with Crippen LogP contribution >= 0.6 is 0 Å². The van der Waals surface area contributed by atoms with Crippen molar-refractivity contribution >= 4 is 16.6 Å². The third kappa shape index (κ3) is 2.19. The summed E-state index contributed by atoms with van der Waals surface area (Å²) in [5.74, 6) is 0. The normalized spacial score (nSPS) is 11.4. The van der Waals surface area contributed by atoms with Gasteiger partial charge in [-0.3, -0.25) is 0 Å². The molecule has 0 spiro atoms. The van der Waals surface area contributed by atoms with Gasteiger partial charge in [-0.2, -0.15) is 0 Å². The average molecular weight is 217 g/mol. The number of hydrogen-bond donors (Lipinski definition) is 1. The van der Waals surface area contributed by atoms with Crippen LogP contribution in [-0.2, 0) is 6.54 Å². The molecule has 2 aromatic rings. The molecule has 3 heteroatoms. The molecule has 0 aliphatic rings. The van der Waals surface area contributed by atoms with Crippen LogP contribution in [0.15, 0.2) is 30.5 Å². The Hall–Kier alpha value is -1.48. The van der Waals surface area contributed by atoms with Gasteiger partial charge in [0.15, 0.2) is 0 Å². The predicted molar refractivity (Wildman–Crippen MR) is 69.5 cm³/mol. The molecular weight excluding hydrogens is 198 g/mol. The van der Waals surface area contributed by atoms with Gasteiger partial charge in [0.1, 0.15) is 0 Å². The summed E-state index contributed by atoms with van der Waals surface area (Å²) in [5, 5.41) is 1.16. The van der Waals surface area contributed by atoms with Gasteiger partial charge in [-0.1, -0.05) is 18.2 Å². The van der Waals surface area contributed by atoms with Crippen LogP contribution in [0.4, 0.5) is 5.69 Å². The van der Waals surface area contributed by atoms with Crippen LogP contribution in [0.2, 0.25) is 0 Å². The molecule has 0 aliphatic heterocycles. The van der Waals surface area contributed by atoms with E-state index < -0.39 is 0 Å². The van der Waals surface area contributed by atoms with Crippen molar-refractivity contribution in [2.45, 2.75) is 13.0 Å². The van der Waals surface area contributed by atoms with Gasteiger partial charge < -0.3 is 15.2 Å². The summed E-state index contributed by atoms with van der Waals surface area (Å²) in [5.41, 5.74) is 8.09. The van der Waals surface area contributed by atoms with E-state index in [0.717, 1.165) is 30.6 Å². The molecule has 1 aromatic carbocycles. The van der Waals surface area contributed by atoms with Crippen LogP contribution in [0.25, 0.3) is 10.9 Å². The molecule has 3 nitrogen and oxygen atoms in total. The molecule has 0 saturated heterocycles. The van der Waals surface area contributed by atoms with Gasteiger partial charge in [0.25, 0.3) is 0 Å². The highest BCUT2D eigenvalue weighted by molar-refractivity contribution is 5.91. The zero-order valence-electron chi connectivity index (χ0n) is 9.98. The Labute approximate surface area is 96.5 Å². The second-order valence-electron chi connectivity index (χ2n) is 4.45. The Kier molecular flexibility index (Phi) is 3.15. The molecule has 0 aliphatic carbocycles. The van der Waals surface area contributed by atoms with Gasteiger partial charge in [0.2, 0.25) is 0 Å². The second-order valence-corrected chi connectivity index (χ2v) is 4.45. The van der Waals surface area contributed by atoms with Crippen molar-refractivity contribution in [3.05, 3.63) is 30.5 Å². The maximum atomic E-state index is 5.98. The number of nitrogens with zero attached hydrogens (tertiary/aromatic N) is 2. The zero-order valence-corrected chi connectivity index (χ0v) is 9.98. The number of hydrogen-bond acceptors (Lipinski definition) is 2. The van der Waals surface area contributed by atoms with Crippen molar-refractivity contribution in [2.24, 2.45) is 0 Å². The fourth-order valence-corrected chi connectivity index (χ4v) is 2.02. The van der Waals surface area contributed by atoms with E-state index in [1.165, 1.54) is 5.52 Å². The van der Waals surface area contributed by atoms with E-state index in [4.69, 9.17) is 5.73 Å². The summed E-state index contributed by atoms with van der Waals surface area (Å²) in [6.07, 6.45) is 3.19. The number of fused-ring (bicyclic) bond motifs is 1. The van der Waals surface area contributed by atoms with Crippen LogP contribution < -0.4 is 5.73 Å². The maximum Gasteiger partial charge on any atom is 0.0573 e. The van der Waals surface area contributed by atoms with Gasteiger partial charge in [0.05, 0.1) is 11.2 Å². The summed E-state index contributed by atoms with van der Waals surface area (Å²) < 4.78 is 2.24. The monoisotopic (exact) mass is 217 g/mol. The van der Waals surface area contributed by atoms with E-state index in [-0.39, 0.29) is 0 Å². The number of rotatable bonds is 4. The Morgan fingerprint density at radius 3 is 2.75 bits per heavy atom. The smallest absolute Gasteiger partial charge is 0.0573 e. The molecule has 86 valence electrons. The molecule has 2 rings (SSSR count). The minimum absolute atomic E-state index is 0.875. The number of aryl methyl sites for hydroxylation is 1. The number of para-hydroxylation sites is 1. The molecule has 2 N–H and O–H groups in total. The van der Waals surface area contributed by atoms with E-state index in [9.17, 15) is 0 Å². The third-order valence-electron chi connectivity index (χ3n) is 2.82. The number of aromatic nitrogens is 1. The minimum atomic E-state index is 0.875. The molecule has 1 heterocycles. The second kappa shape index (κ2) is 4.58. The standard InChI is InChI=1S/C13H19N3/c1-15(2)8-5-9-16-10-12(14)11-6-3-4-7-13(11)16/h3-4,6-7,10H,5,8-9,14H2,1-2H3. The topological polar surface area (TPSA) is 34.2 Å². The lowest BCUT2D eigenvalue weighted by molar-refractivity contribution is 0.388. The first kappa shape index (κ1) is 11.0. The summed E-state index contributed by atoms with van der Waals surface area (Å²) >= 11 is 0. The highest BCUT2D eigenvalue weighted by Crippen LogP contribution is 2.23. The lowest BCUT2D eigenvalue weighted by Crippen LogP contribution is -2.14. The van der Waals surface area contributed by atoms with Gasteiger partial charge >= 0.3 is 0 Å². The van der Waals surface area contributed by atoms with Gasteiger partial charge in [-0.05, 0) is 33.1 Å². The highest BCUT2D eigenvalue weighted by atomic mass is 15.1.